The Bertz CT molecular complexity index is 593. The lowest BCUT2D eigenvalue weighted by molar-refractivity contribution is -0.146. The van der Waals surface area contributed by atoms with E-state index in [1.807, 2.05) is 32.3 Å². The van der Waals surface area contributed by atoms with Crippen LogP contribution in [-0.4, -0.2) is 86.4 Å². The monoisotopic (exact) mass is 358 g/mol. The van der Waals surface area contributed by atoms with Gasteiger partial charge in [-0.05, 0) is 32.6 Å². The molecule has 0 bridgehead atoms. The zero-order valence-electron chi connectivity index (χ0n) is 15.9. The molecule has 6 nitrogen and oxygen atoms in total. The molecule has 1 saturated heterocycles. The van der Waals surface area contributed by atoms with Crippen molar-refractivity contribution in [2.24, 2.45) is 0 Å². The predicted molar refractivity (Wildman–Crippen MR) is 105 cm³/mol. The van der Waals surface area contributed by atoms with Crippen molar-refractivity contribution in [3.05, 3.63) is 42.0 Å². The van der Waals surface area contributed by atoms with Gasteiger partial charge in [-0.15, -0.1) is 0 Å². The molecule has 1 aromatic carbocycles. The average molecular weight is 358 g/mol. The van der Waals surface area contributed by atoms with Crippen molar-refractivity contribution < 1.29 is 9.59 Å². The molecule has 0 unspecified atom stereocenters. The first kappa shape index (κ1) is 20.1. The largest absolute Gasteiger partial charge is 0.348 e. The number of carbonyl (C=O) groups excluding carboxylic acids is 2. The zero-order valence-corrected chi connectivity index (χ0v) is 15.9. The highest BCUT2D eigenvalue weighted by molar-refractivity contribution is 6.35. The minimum atomic E-state index is -0.485. The van der Waals surface area contributed by atoms with Gasteiger partial charge in [0.15, 0.2) is 0 Å². The lowest BCUT2D eigenvalue weighted by Gasteiger charge is -2.33. The fourth-order valence-electron chi connectivity index (χ4n) is 2.85. The molecule has 0 atom stereocenters. The van der Waals surface area contributed by atoms with Crippen molar-refractivity contribution in [1.29, 1.82) is 0 Å². The summed E-state index contributed by atoms with van der Waals surface area (Å²) in [5, 5.41) is 2.72. The van der Waals surface area contributed by atoms with Gasteiger partial charge >= 0.3 is 11.8 Å². The summed E-state index contributed by atoms with van der Waals surface area (Å²) in [6, 6.07) is 10.2. The lowest BCUT2D eigenvalue weighted by atomic mass is 10.2. The Morgan fingerprint density at radius 3 is 2.46 bits per heavy atom. The van der Waals surface area contributed by atoms with Crippen LogP contribution in [0.15, 0.2) is 36.4 Å². The molecule has 6 heteroatoms. The topological polar surface area (TPSA) is 55.9 Å². The van der Waals surface area contributed by atoms with E-state index in [1.54, 1.807) is 4.90 Å². The smallest absolute Gasteiger partial charge is 0.311 e. The highest BCUT2D eigenvalue weighted by atomic mass is 16.2. The van der Waals surface area contributed by atoms with E-state index in [4.69, 9.17) is 0 Å². The number of rotatable bonds is 7. The molecule has 1 fully saturated rings. The van der Waals surface area contributed by atoms with E-state index in [-0.39, 0.29) is 0 Å². The Kier molecular flexibility index (Phi) is 8.31. The third-order valence-electron chi connectivity index (χ3n) is 4.39. The lowest BCUT2D eigenvalue weighted by Crippen LogP contribution is -2.52. The number of nitrogens with zero attached hydrogens (tertiary/aromatic N) is 3. The molecule has 0 aromatic heterocycles. The summed E-state index contributed by atoms with van der Waals surface area (Å²) in [5.74, 6) is -0.893. The Labute approximate surface area is 156 Å². The molecular weight excluding hydrogens is 328 g/mol. The summed E-state index contributed by atoms with van der Waals surface area (Å²) in [4.78, 5) is 30.2. The number of hydrogen-bond donors (Lipinski definition) is 1. The van der Waals surface area contributed by atoms with Crippen molar-refractivity contribution in [1.82, 2.24) is 20.0 Å². The molecule has 1 aliphatic heterocycles. The van der Waals surface area contributed by atoms with Crippen molar-refractivity contribution in [2.75, 3.05) is 59.9 Å². The maximum Gasteiger partial charge on any atom is 0.311 e. The van der Waals surface area contributed by atoms with Gasteiger partial charge in [0.2, 0.25) is 0 Å². The van der Waals surface area contributed by atoms with Crippen molar-refractivity contribution in [3.63, 3.8) is 0 Å². The average Bonchev–Trinajstić information content (AvgIpc) is 2.66. The quantitative estimate of drug-likeness (QED) is 0.582. The van der Waals surface area contributed by atoms with Gasteiger partial charge in [0.05, 0.1) is 0 Å². The van der Waals surface area contributed by atoms with Gasteiger partial charge in [-0.1, -0.05) is 42.5 Å². The van der Waals surface area contributed by atoms with E-state index in [9.17, 15) is 9.59 Å². The Morgan fingerprint density at radius 2 is 1.81 bits per heavy atom. The molecule has 1 N–H and O–H groups in total. The van der Waals surface area contributed by atoms with Crippen molar-refractivity contribution >= 4 is 17.9 Å². The van der Waals surface area contributed by atoms with Gasteiger partial charge in [0, 0.05) is 39.3 Å². The number of hydrogen-bond acceptors (Lipinski definition) is 4. The van der Waals surface area contributed by atoms with Crippen LogP contribution in [0.3, 0.4) is 0 Å². The van der Waals surface area contributed by atoms with E-state index in [1.165, 1.54) is 5.56 Å². The number of benzene rings is 1. The van der Waals surface area contributed by atoms with Gasteiger partial charge in [-0.2, -0.15) is 0 Å². The normalized spacial score (nSPS) is 15.6. The van der Waals surface area contributed by atoms with Crippen molar-refractivity contribution in [2.45, 2.75) is 6.42 Å². The minimum absolute atomic E-state index is 0.408. The Morgan fingerprint density at radius 1 is 1.12 bits per heavy atom. The van der Waals surface area contributed by atoms with Gasteiger partial charge in [0.1, 0.15) is 0 Å². The van der Waals surface area contributed by atoms with E-state index in [0.717, 1.165) is 32.6 Å². The first-order chi connectivity index (χ1) is 12.6. The van der Waals surface area contributed by atoms with E-state index in [2.05, 4.69) is 39.4 Å². The molecule has 2 rings (SSSR count). The van der Waals surface area contributed by atoms with Crippen LogP contribution in [0.5, 0.6) is 0 Å². The van der Waals surface area contributed by atoms with Crippen LogP contribution in [0.2, 0.25) is 0 Å². The van der Waals surface area contributed by atoms with E-state index in [0.29, 0.717) is 19.6 Å². The molecule has 1 aliphatic rings. The number of carbonyl (C=O) groups is 2. The maximum atomic E-state index is 12.2. The second kappa shape index (κ2) is 10.7. The van der Waals surface area contributed by atoms with Crippen molar-refractivity contribution in [3.8, 4) is 0 Å². The maximum absolute atomic E-state index is 12.2. The Balaban J connectivity index is 1.66. The summed E-state index contributed by atoms with van der Waals surface area (Å²) in [5.41, 5.74) is 1.19. The van der Waals surface area contributed by atoms with Crippen LogP contribution in [0.25, 0.3) is 6.08 Å². The van der Waals surface area contributed by atoms with E-state index >= 15 is 0 Å². The molecule has 26 heavy (non-hydrogen) atoms. The molecular formula is C20H30N4O2. The highest BCUT2D eigenvalue weighted by Gasteiger charge is 2.25. The van der Waals surface area contributed by atoms with Crippen LogP contribution in [0, 0.1) is 0 Å². The molecule has 0 aliphatic carbocycles. The van der Waals surface area contributed by atoms with Crippen LogP contribution in [0.1, 0.15) is 12.0 Å². The summed E-state index contributed by atoms with van der Waals surface area (Å²) in [6.07, 6.45) is 5.09. The second-order valence-electron chi connectivity index (χ2n) is 6.82. The summed E-state index contributed by atoms with van der Waals surface area (Å²) < 4.78 is 0. The number of amides is 2. The third-order valence-corrected chi connectivity index (χ3v) is 4.39. The first-order valence-electron chi connectivity index (χ1n) is 9.22. The molecule has 0 spiro atoms. The molecule has 142 valence electrons. The van der Waals surface area contributed by atoms with Crippen LogP contribution >= 0.6 is 0 Å². The van der Waals surface area contributed by atoms with E-state index < -0.39 is 11.8 Å². The van der Waals surface area contributed by atoms with Crippen LogP contribution in [-0.2, 0) is 9.59 Å². The molecule has 0 radical (unpaired) electrons. The number of nitrogens with one attached hydrogen (secondary N) is 1. The van der Waals surface area contributed by atoms with Gasteiger partial charge in [-0.3, -0.25) is 14.5 Å². The second-order valence-corrected chi connectivity index (χ2v) is 6.82. The molecule has 1 aromatic rings. The van der Waals surface area contributed by atoms with Crippen LogP contribution < -0.4 is 5.32 Å². The molecule has 1 heterocycles. The van der Waals surface area contributed by atoms with Gasteiger partial charge < -0.3 is 15.1 Å². The fraction of sp³-hybridized carbons (Fsp3) is 0.500. The highest BCUT2D eigenvalue weighted by Crippen LogP contribution is 2.05. The van der Waals surface area contributed by atoms with Gasteiger partial charge in [-0.25, -0.2) is 0 Å². The SMILES string of the molecule is CN(C)CCCNC(=O)C(=O)N1CCN(C/C=C/c2ccccc2)CC1. The Hall–Kier alpha value is -2.18. The number of piperazine rings is 1. The first-order valence-corrected chi connectivity index (χ1v) is 9.22. The summed E-state index contributed by atoms with van der Waals surface area (Å²) >= 11 is 0. The van der Waals surface area contributed by atoms with Gasteiger partial charge in [0.25, 0.3) is 0 Å². The third kappa shape index (κ3) is 6.98. The van der Waals surface area contributed by atoms with Crippen LogP contribution in [0.4, 0.5) is 0 Å². The molecule has 2 amide bonds. The molecule has 0 saturated carbocycles. The summed E-state index contributed by atoms with van der Waals surface area (Å²) in [6.45, 7) is 5.06. The fourth-order valence-corrected chi connectivity index (χ4v) is 2.85. The standard InChI is InChI=1S/C20H30N4O2/c1-22(2)12-7-11-21-19(25)20(26)24-16-14-23(15-17-24)13-6-10-18-8-4-3-5-9-18/h3-6,8-10H,7,11-17H2,1-2H3,(H,21,25)/b10-6+. The zero-order chi connectivity index (χ0) is 18.8. The summed E-state index contributed by atoms with van der Waals surface area (Å²) in [7, 11) is 3.98. The minimum Gasteiger partial charge on any atom is -0.348 e. The predicted octanol–water partition coefficient (Wildman–Crippen LogP) is 0.912.